The number of likely N-dealkylation sites (N-methyl/N-ethyl adjacent to an activating group) is 1. The number of halogens is 3. The molecule has 1 saturated carbocycles. The van der Waals surface area contributed by atoms with E-state index in [1.165, 1.54) is 12.1 Å². The molecule has 1 aromatic rings. The SMILES string of the molecule is CN(C)[C@H]1C[C@@H](c2cccc(OC(F)(F)F)c2)CC[C@@H]1O. The monoisotopic (exact) mass is 303 g/mol. The van der Waals surface area contributed by atoms with Crippen LogP contribution in [-0.4, -0.2) is 42.6 Å². The number of benzene rings is 1. The summed E-state index contributed by atoms with van der Waals surface area (Å²) >= 11 is 0. The summed E-state index contributed by atoms with van der Waals surface area (Å²) < 4.78 is 40.8. The largest absolute Gasteiger partial charge is 0.573 e. The lowest BCUT2D eigenvalue weighted by Crippen LogP contribution is -2.43. The minimum absolute atomic E-state index is 0.0240. The van der Waals surface area contributed by atoms with Crippen molar-refractivity contribution in [3.05, 3.63) is 29.8 Å². The van der Waals surface area contributed by atoms with Gasteiger partial charge in [-0.3, -0.25) is 0 Å². The number of alkyl halides is 3. The molecule has 0 aliphatic heterocycles. The predicted molar refractivity (Wildman–Crippen MR) is 73.2 cm³/mol. The molecule has 6 heteroatoms. The maximum atomic E-state index is 12.3. The molecule has 0 spiro atoms. The fourth-order valence-electron chi connectivity index (χ4n) is 2.95. The number of rotatable bonds is 3. The second-order valence-electron chi connectivity index (χ2n) is 5.73. The van der Waals surface area contributed by atoms with E-state index in [0.717, 1.165) is 18.4 Å². The zero-order chi connectivity index (χ0) is 15.6. The molecule has 1 aliphatic rings. The molecule has 1 aliphatic carbocycles. The summed E-state index contributed by atoms with van der Waals surface area (Å²) in [6, 6.07) is 6.17. The predicted octanol–water partition coefficient (Wildman–Crippen LogP) is 3.14. The first kappa shape index (κ1) is 16.1. The number of aliphatic hydroxyl groups excluding tert-OH is 1. The van der Waals surface area contributed by atoms with E-state index in [1.54, 1.807) is 6.07 Å². The van der Waals surface area contributed by atoms with E-state index < -0.39 is 6.36 Å². The van der Waals surface area contributed by atoms with E-state index >= 15 is 0 Å². The first-order valence-electron chi connectivity index (χ1n) is 6.96. The zero-order valence-corrected chi connectivity index (χ0v) is 12.1. The summed E-state index contributed by atoms with van der Waals surface area (Å²) in [5.74, 6) is -0.0508. The summed E-state index contributed by atoms with van der Waals surface area (Å²) in [5.41, 5.74) is 0.829. The van der Waals surface area contributed by atoms with E-state index in [-0.39, 0.29) is 23.8 Å². The lowest BCUT2D eigenvalue weighted by Gasteiger charge is -2.37. The Kier molecular flexibility index (Phi) is 4.78. The van der Waals surface area contributed by atoms with Crippen molar-refractivity contribution in [3.8, 4) is 5.75 Å². The molecule has 0 aromatic heterocycles. The Bertz CT molecular complexity index is 476. The number of aliphatic hydroxyl groups is 1. The first-order chi connectivity index (χ1) is 9.76. The van der Waals surface area contributed by atoms with Gasteiger partial charge in [0.1, 0.15) is 5.75 Å². The van der Waals surface area contributed by atoms with E-state index in [4.69, 9.17) is 0 Å². The normalized spacial score (nSPS) is 26.9. The van der Waals surface area contributed by atoms with Crippen LogP contribution < -0.4 is 4.74 Å². The van der Waals surface area contributed by atoms with Crippen LogP contribution >= 0.6 is 0 Å². The Balaban J connectivity index is 2.13. The highest BCUT2D eigenvalue weighted by Gasteiger charge is 2.33. The van der Waals surface area contributed by atoms with Gasteiger partial charge in [-0.2, -0.15) is 0 Å². The van der Waals surface area contributed by atoms with Crippen molar-refractivity contribution in [1.82, 2.24) is 4.90 Å². The highest BCUT2D eigenvalue weighted by Crippen LogP contribution is 2.36. The van der Waals surface area contributed by atoms with Gasteiger partial charge in [-0.05, 0) is 57.0 Å². The minimum atomic E-state index is -4.67. The third-order valence-electron chi connectivity index (χ3n) is 4.01. The Labute approximate surface area is 122 Å². The summed E-state index contributed by atoms with van der Waals surface area (Å²) in [5, 5.41) is 10.00. The van der Waals surface area contributed by atoms with E-state index in [0.29, 0.717) is 6.42 Å². The lowest BCUT2D eigenvalue weighted by atomic mass is 9.79. The van der Waals surface area contributed by atoms with Gasteiger partial charge in [0.15, 0.2) is 0 Å². The highest BCUT2D eigenvalue weighted by molar-refractivity contribution is 5.31. The molecule has 1 N–H and O–H groups in total. The summed E-state index contributed by atoms with van der Waals surface area (Å²) in [7, 11) is 3.80. The molecule has 0 amide bonds. The van der Waals surface area contributed by atoms with Crippen molar-refractivity contribution >= 4 is 0 Å². The molecule has 2 rings (SSSR count). The first-order valence-corrected chi connectivity index (χ1v) is 6.96. The molecule has 1 aromatic carbocycles. The van der Waals surface area contributed by atoms with E-state index in [2.05, 4.69) is 4.74 Å². The third-order valence-corrected chi connectivity index (χ3v) is 4.01. The molecular formula is C15H20F3NO2. The Morgan fingerprint density at radius 3 is 2.57 bits per heavy atom. The Hall–Kier alpha value is -1.27. The topological polar surface area (TPSA) is 32.7 Å². The van der Waals surface area contributed by atoms with E-state index in [9.17, 15) is 18.3 Å². The second kappa shape index (κ2) is 6.23. The van der Waals surface area contributed by atoms with Gasteiger partial charge in [0.25, 0.3) is 0 Å². The van der Waals surface area contributed by atoms with Crippen molar-refractivity contribution < 1.29 is 23.0 Å². The van der Waals surface area contributed by atoms with Gasteiger partial charge in [0.2, 0.25) is 0 Å². The van der Waals surface area contributed by atoms with E-state index in [1.807, 2.05) is 25.1 Å². The zero-order valence-electron chi connectivity index (χ0n) is 12.1. The quantitative estimate of drug-likeness (QED) is 0.931. The fourth-order valence-corrected chi connectivity index (χ4v) is 2.95. The molecule has 3 atom stereocenters. The molecule has 0 bridgehead atoms. The van der Waals surface area contributed by atoms with Crippen LogP contribution in [0.3, 0.4) is 0 Å². The third kappa shape index (κ3) is 4.35. The highest BCUT2D eigenvalue weighted by atomic mass is 19.4. The molecule has 0 saturated heterocycles. The van der Waals surface area contributed by atoms with Crippen molar-refractivity contribution in [3.63, 3.8) is 0 Å². The average molecular weight is 303 g/mol. The maximum Gasteiger partial charge on any atom is 0.573 e. The van der Waals surface area contributed by atoms with Gasteiger partial charge in [0, 0.05) is 6.04 Å². The van der Waals surface area contributed by atoms with Gasteiger partial charge in [0.05, 0.1) is 6.10 Å². The Morgan fingerprint density at radius 1 is 1.24 bits per heavy atom. The lowest BCUT2D eigenvalue weighted by molar-refractivity contribution is -0.274. The van der Waals surface area contributed by atoms with Crippen LogP contribution in [0.15, 0.2) is 24.3 Å². The Morgan fingerprint density at radius 2 is 1.95 bits per heavy atom. The van der Waals surface area contributed by atoms with Crippen LogP contribution in [0.4, 0.5) is 13.2 Å². The van der Waals surface area contributed by atoms with Gasteiger partial charge in [-0.15, -0.1) is 13.2 Å². The van der Waals surface area contributed by atoms with Gasteiger partial charge in [-0.25, -0.2) is 0 Å². The molecule has 3 nitrogen and oxygen atoms in total. The van der Waals surface area contributed by atoms with Gasteiger partial charge < -0.3 is 14.7 Å². The molecular weight excluding hydrogens is 283 g/mol. The molecule has 21 heavy (non-hydrogen) atoms. The van der Waals surface area contributed by atoms with Crippen LogP contribution in [0.5, 0.6) is 5.75 Å². The molecule has 0 unspecified atom stereocenters. The standard InChI is InChI=1S/C15H20F3NO2/c1-19(2)13-9-11(6-7-14(13)20)10-4-3-5-12(8-10)21-15(16,17)18/h3-5,8,11,13-14,20H,6-7,9H2,1-2H3/t11-,13-,14-/m0/s1. The van der Waals surface area contributed by atoms with Crippen LogP contribution in [0.25, 0.3) is 0 Å². The second-order valence-corrected chi connectivity index (χ2v) is 5.73. The average Bonchev–Trinajstić information content (AvgIpc) is 2.37. The van der Waals surface area contributed by atoms with Crippen molar-refractivity contribution in [2.24, 2.45) is 0 Å². The van der Waals surface area contributed by atoms with Gasteiger partial charge in [-0.1, -0.05) is 12.1 Å². The number of hydrogen-bond acceptors (Lipinski definition) is 3. The summed E-state index contributed by atoms with van der Waals surface area (Å²) in [6.45, 7) is 0. The number of nitrogens with zero attached hydrogens (tertiary/aromatic N) is 1. The van der Waals surface area contributed by atoms with Crippen LogP contribution in [0.1, 0.15) is 30.7 Å². The molecule has 0 heterocycles. The van der Waals surface area contributed by atoms with Crippen molar-refractivity contribution in [2.45, 2.75) is 43.7 Å². The molecule has 118 valence electrons. The summed E-state index contributed by atoms with van der Waals surface area (Å²) in [4.78, 5) is 1.97. The fraction of sp³-hybridized carbons (Fsp3) is 0.600. The number of hydrogen-bond donors (Lipinski definition) is 1. The maximum absolute atomic E-state index is 12.3. The van der Waals surface area contributed by atoms with Crippen molar-refractivity contribution in [1.29, 1.82) is 0 Å². The smallest absolute Gasteiger partial charge is 0.406 e. The summed E-state index contributed by atoms with van der Waals surface area (Å²) in [6.07, 6.45) is -2.92. The molecule has 0 radical (unpaired) electrons. The van der Waals surface area contributed by atoms with Crippen LogP contribution in [0.2, 0.25) is 0 Å². The van der Waals surface area contributed by atoms with Gasteiger partial charge >= 0.3 is 6.36 Å². The van der Waals surface area contributed by atoms with Crippen molar-refractivity contribution in [2.75, 3.05) is 14.1 Å². The minimum Gasteiger partial charge on any atom is -0.406 e. The van der Waals surface area contributed by atoms with Crippen LogP contribution in [0, 0.1) is 0 Å². The number of ether oxygens (including phenoxy) is 1. The molecule has 1 fully saturated rings. The van der Waals surface area contributed by atoms with Crippen LogP contribution in [-0.2, 0) is 0 Å².